The van der Waals surface area contributed by atoms with Gasteiger partial charge in [-0.3, -0.25) is 9.80 Å². The lowest BCUT2D eigenvalue weighted by Gasteiger charge is -2.34. The minimum atomic E-state index is -0.419. The van der Waals surface area contributed by atoms with Gasteiger partial charge in [-0.25, -0.2) is 0 Å². The molecule has 2 saturated heterocycles. The Bertz CT molecular complexity index is 1160. The minimum absolute atomic E-state index is 0.00178. The number of phenolic OH excluding ortho intramolecular Hbond substituents is 4. The second-order valence-electron chi connectivity index (χ2n) is 13.5. The van der Waals surface area contributed by atoms with Crippen molar-refractivity contribution in [3.8, 4) is 23.0 Å². The minimum Gasteiger partial charge on any atom is -0.504 e. The van der Waals surface area contributed by atoms with Gasteiger partial charge in [0.2, 0.25) is 0 Å². The van der Waals surface area contributed by atoms with Crippen LogP contribution < -0.4 is 0 Å². The molecule has 2 aliphatic heterocycles. The number of fused-ring (bicyclic) bond motifs is 4. The van der Waals surface area contributed by atoms with Gasteiger partial charge >= 0.3 is 0 Å². The summed E-state index contributed by atoms with van der Waals surface area (Å²) in [4.78, 5) is 4.77. The second-order valence-corrected chi connectivity index (χ2v) is 13.5. The number of nitrogens with zero attached hydrogens (tertiary/aromatic N) is 2. The fourth-order valence-corrected chi connectivity index (χ4v) is 8.46. The van der Waals surface area contributed by atoms with E-state index in [-0.39, 0.29) is 33.8 Å². The molecule has 0 amide bonds. The first-order valence-corrected chi connectivity index (χ1v) is 14.1. The van der Waals surface area contributed by atoms with Crippen LogP contribution >= 0.6 is 0 Å². The Hall–Kier alpha value is -2.44. The first-order valence-electron chi connectivity index (χ1n) is 14.1. The van der Waals surface area contributed by atoms with Crippen molar-refractivity contribution in [2.24, 2.45) is 0 Å². The summed E-state index contributed by atoms with van der Waals surface area (Å²) in [6, 6.07) is 3.58. The van der Waals surface area contributed by atoms with Crippen LogP contribution in [0, 0.1) is 0 Å². The highest BCUT2D eigenvalue weighted by Gasteiger charge is 2.59. The summed E-state index contributed by atoms with van der Waals surface area (Å²) in [5, 5.41) is 44.4. The molecule has 2 heterocycles. The van der Waals surface area contributed by atoms with Gasteiger partial charge in [-0.15, -0.1) is 0 Å². The molecule has 4 N–H and O–H groups in total. The van der Waals surface area contributed by atoms with Crippen molar-refractivity contribution in [1.29, 1.82) is 0 Å². The van der Waals surface area contributed by atoms with Gasteiger partial charge in [-0.2, -0.15) is 0 Å². The zero-order chi connectivity index (χ0) is 26.3. The Morgan fingerprint density at radius 2 is 0.973 bits per heavy atom. The van der Waals surface area contributed by atoms with Gasteiger partial charge in [-0.05, 0) is 110 Å². The van der Waals surface area contributed by atoms with Crippen LogP contribution in [0.15, 0.2) is 12.1 Å². The molecule has 4 aliphatic rings. The third-order valence-electron chi connectivity index (χ3n) is 9.82. The van der Waals surface area contributed by atoms with Gasteiger partial charge in [-0.1, -0.05) is 27.7 Å². The molecule has 2 aromatic rings. The van der Waals surface area contributed by atoms with E-state index in [1.165, 1.54) is 0 Å². The first-order chi connectivity index (χ1) is 17.4. The Morgan fingerprint density at radius 3 is 1.32 bits per heavy atom. The van der Waals surface area contributed by atoms with Gasteiger partial charge in [0.05, 0.1) is 0 Å². The molecule has 6 rings (SSSR count). The van der Waals surface area contributed by atoms with E-state index in [1.807, 2.05) is 0 Å². The average Bonchev–Trinajstić information content (AvgIpc) is 3.58. The van der Waals surface area contributed by atoms with Crippen molar-refractivity contribution in [3.63, 3.8) is 0 Å². The fourth-order valence-electron chi connectivity index (χ4n) is 8.46. The maximum Gasteiger partial charge on any atom is 0.162 e. The second kappa shape index (κ2) is 8.28. The summed E-state index contributed by atoms with van der Waals surface area (Å²) >= 11 is 0. The van der Waals surface area contributed by atoms with E-state index in [4.69, 9.17) is 0 Å². The van der Waals surface area contributed by atoms with Crippen LogP contribution in [0.5, 0.6) is 23.0 Å². The van der Waals surface area contributed by atoms with Crippen molar-refractivity contribution >= 4 is 0 Å². The van der Waals surface area contributed by atoms with Gasteiger partial charge in [0, 0.05) is 29.6 Å². The SMILES string of the molecule is CC1(C)CC2(CC(C)(C)c3cc(O)c(O)c(CN4CCCC4)c32)c2c1cc(O)c(O)c2CN1CCCC1. The fraction of sp³-hybridized carbons (Fsp3) is 0.613. The van der Waals surface area contributed by atoms with Crippen LogP contribution in [0.25, 0.3) is 0 Å². The lowest BCUT2D eigenvalue weighted by atomic mass is 9.70. The summed E-state index contributed by atoms with van der Waals surface area (Å²) in [5.74, 6) is -0.0843. The van der Waals surface area contributed by atoms with Crippen molar-refractivity contribution in [3.05, 3.63) is 45.5 Å². The molecule has 0 saturated carbocycles. The molecule has 2 fully saturated rings. The van der Waals surface area contributed by atoms with Crippen molar-refractivity contribution in [1.82, 2.24) is 9.80 Å². The number of aromatic hydroxyl groups is 4. The molecule has 0 aromatic heterocycles. The standard InChI is InChI=1S/C31H42N2O4/c1-29(2)17-31(25-19(15-32-9-5-6-10-32)27(36)23(34)13-21(25)29)18-30(3,4)22-14-24(35)28(37)20(26(22)31)16-33-11-7-8-12-33/h13-14,34-37H,5-12,15-18H2,1-4H3. The average molecular weight is 507 g/mol. The van der Waals surface area contributed by atoms with Crippen molar-refractivity contribution < 1.29 is 20.4 Å². The maximum absolute atomic E-state index is 11.3. The summed E-state index contributed by atoms with van der Waals surface area (Å²) < 4.78 is 0. The molecule has 0 radical (unpaired) electrons. The predicted molar refractivity (Wildman–Crippen MR) is 145 cm³/mol. The van der Waals surface area contributed by atoms with E-state index < -0.39 is 5.41 Å². The van der Waals surface area contributed by atoms with Gasteiger partial charge in [0.1, 0.15) is 0 Å². The summed E-state index contributed by atoms with van der Waals surface area (Å²) in [5.41, 5.74) is 5.28. The Kier molecular flexibility index (Phi) is 5.56. The van der Waals surface area contributed by atoms with E-state index in [0.29, 0.717) is 13.1 Å². The number of hydrogen-bond donors (Lipinski definition) is 4. The topological polar surface area (TPSA) is 87.4 Å². The first kappa shape index (κ1) is 24.9. The molecule has 200 valence electrons. The molecule has 0 atom stereocenters. The van der Waals surface area contributed by atoms with Crippen LogP contribution in [-0.2, 0) is 29.3 Å². The Balaban J connectivity index is 1.64. The summed E-state index contributed by atoms with van der Waals surface area (Å²) in [6.07, 6.45) is 6.28. The number of phenols is 4. The van der Waals surface area contributed by atoms with Crippen LogP contribution in [0.1, 0.15) is 99.6 Å². The quantitative estimate of drug-likeness (QED) is 0.418. The summed E-state index contributed by atoms with van der Waals surface area (Å²) in [6.45, 7) is 14.2. The largest absolute Gasteiger partial charge is 0.504 e. The van der Waals surface area contributed by atoms with Gasteiger partial charge in [0.25, 0.3) is 0 Å². The molecule has 0 bridgehead atoms. The third-order valence-corrected chi connectivity index (χ3v) is 9.82. The van der Waals surface area contributed by atoms with Crippen LogP contribution in [-0.4, -0.2) is 56.4 Å². The highest BCUT2D eigenvalue weighted by molar-refractivity contribution is 5.70. The molecule has 6 heteroatoms. The van der Waals surface area contributed by atoms with Crippen molar-refractivity contribution in [2.75, 3.05) is 26.2 Å². The summed E-state index contributed by atoms with van der Waals surface area (Å²) in [7, 11) is 0. The number of rotatable bonds is 4. The van der Waals surface area contributed by atoms with E-state index in [1.54, 1.807) is 12.1 Å². The van der Waals surface area contributed by atoms with E-state index >= 15 is 0 Å². The van der Waals surface area contributed by atoms with Gasteiger partial charge in [0.15, 0.2) is 23.0 Å². The highest BCUT2D eigenvalue weighted by Crippen LogP contribution is 2.67. The molecule has 6 nitrogen and oxygen atoms in total. The highest BCUT2D eigenvalue weighted by atomic mass is 16.3. The number of benzene rings is 2. The zero-order valence-electron chi connectivity index (χ0n) is 22.8. The molecule has 37 heavy (non-hydrogen) atoms. The smallest absolute Gasteiger partial charge is 0.162 e. The normalized spacial score (nSPS) is 23.7. The monoisotopic (exact) mass is 506 g/mol. The van der Waals surface area contributed by atoms with Crippen molar-refractivity contribution in [2.45, 2.75) is 95.6 Å². The number of likely N-dealkylation sites (tertiary alicyclic amines) is 2. The molecule has 2 aliphatic carbocycles. The number of hydrogen-bond acceptors (Lipinski definition) is 6. The molecule has 2 aromatic carbocycles. The Labute approximate surface area is 220 Å². The molecule has 0 unspecified atom stereocenters. The van der Waals surface area contributed by atoms with Gasteiger partial charge < -0.3 is 20.4 Å². The molecular weight excluding hydrogens is 464 g/mol. The Morgan fingerprint density at radius 1 is 0.622 bits per heavy atom. The molecular formula is C31H42N2O4. The lowest BCUT2D eigenvalue weighted by Crippen LogP contribution is -2.30. The lowest BCUT2D eigenvalue weighted by molar-refractivity contribution is 0.305. The van der Waals surface area contributed by atoms with Crippen LogP contribution in [0.2, 0.25) is 0 Å². The van der Waals surface area contributed by atoms with Crippen LogP contribution in [0.3, 0.4) is 0 Å². The predicted octanol–water partition coefficient (Wildman–Crippen LogP) is 5.35. The van der Waals surface area contributed by atoms with E-state index in [2.05, 4.69) is 37.5 Å². The van der Waals surface area contributed by atoms with E-state index in [9.17, 15) is 20.4 Å². The molecule has 1 spiro atoms. The van der Waals surface area contributed by atoms with E-state index in [0.717, 1.165) is 98.1 Å². The third kappa shape index (κ3) is 3.66. The zero-order valence-corrected chi connectivity index (χ0v) is 22.8. The maximum atomic E-state index is 11.3. The van der Waals surface area contributed by atoms with Crippen LogP contribution in [0.4, 0.5) is 0 Å².